The number of ether oxygens (including phenoxy) is 2. The maximum absolute atomic E-state index is 14.0. The van der Waals surface area contributed by atoms with Gasteiger partial charge in [0.1, 0.15) is 30.0 Å². The normalized spacial score (nSPS) is 12.5. The van der Waals surface area contributed by atoms with Crippen molar-refractivity contribution in [1.82, 2.24) is 10.2 Å². The molecular weight excluding hydrogens is 516 g/mol. The minimum atomic E-state index is -1.13. The van der Waals surface area contributed by atoms with E-state index in [9.17, 15) is 19.6 Å². The minimum Gasteiger partial charge on any atom is -0.497 e. The van der Waals surface area contributed by atoms with Crippen LogP contribution < -0.4 is 15.4 Å². The van der Waals surface area contributed by atoms with Crippen molar-refractivity contribution in [1.29, 1.82) is 5.26 Å². The van der Waals surface area contributed by atoms with Crippen LogP contribution in [0.25, 0.3) is 0 Å². The van der Waals surface area contributed by atoms with Gasteiger partial charge in [-0.05, 0) is 88.4 Å². The van der Waals surface area contributed by atoms with Crippen molar-refractivity contribution in [2.45, 2.75) is 58.7 Å². The third-order valence-electron chi connectivity index (χ3n) is 5.76. The minimum absolute atomic E-state index is 0.293. The topological polar surface area (TPSA) is 121 Å². The Morgan fingerprint density at radius 3 is 2.31 bits per heavy atom. The average molecular weight is 555 g/mol. The predicted octanol–water partition coefficient (Wildman–Crippen LogP) is 4.99. The van der Waals surface area contributed by atoms with E-state index in [0.717, 1.165) is 11.1 Å². The third kappa shape index (κ3) is 9.52. The van der Waals surface area contributed by atoms with Gasteiger partial charge in [-0.3, -0.25) is 9.59 Å². The van der Waals surface area contributed by atoms with E-state index >= 15 is 0 Å². The number of nitrogens with one attached hydrogen (secondary N) is 2. The van der Waals surface area contributed by atoms with E-state index in [1.54, 1.807) is 58.2 Å². The molecule has 0 saturated heterocycles. The quantitative estimate of drug-likeness (QED) is 0.375. The van der Waals surface area contributed by atoms with Gasteiger partial charge in [0.2, 0.25) is 5.91 Å². The number of methoxy groups -OCH3 is 1. The molecule has 0 aliphatic carbocycles. The van der Waals surface area contributed by atoms with Crippen molar-refractivity contribution >= 4 is 35.4 Å². The van der Waals surface area contributed by atoms with E-state index < -0.39 is 35.6 Å². The highest BCUT2D eigenvalue weighted by atomic mass is 32.2. The predicted molar refractivity (Wildman–Crippen MR) is 154 cm³/mol. The number of hydrogen-bond acceptors (Lipinski definition) is 7. The molecule has 0 aliphatic heterocycles. The average Bonchev–Trinajstić information content (AvgIpc) is 2.86. The molecule has 2 aromatic carbocycles. The number of aryl methyl sites for hydroxylation is 2. The van der Waals surface area contributed by atoms with Gasteiger partial charge in [-0.2, -0.15) is 17.0 Å². The Kier molecular flexibility index (Phi) is 11.7. The van der Waals surface area contributed by atoms with Gasteiger partial charge < -0.3 is 25.0 Å². The van der Waals surface area contributed by atoms with Crippen molar-refractivity contribution in [3.8, 4) is 11.8 Å². The number of thioether (sulfide) groups is 1. The summed E-state index contributed by atoms with van der Waals surface area (Å²) in [5, 5.41) is 15.2. The van der Waals surface area contributed by atoms with Gasteiger partial charge in [0, 0.05) is 5.69 Å². The number of nitrogens with zero attached hydrogens (tertiary/aromatic N) is 2. The lowest BCUT2D eigenvalue weighted by Gasteiger charge is -2.33. The summed E-state index contributed by atoms with van der Waals surface area (Å²) in [5.74, 6) is 0.159. The summed E-state index contributed by atoms with van der Waals surface area (Å²) in [4.78, 5) is 41.6. The van der Waals surface area contributed by atoms with Crippen LogP contribution in [0.3, 0.4) is 0 Å². The number of amides is 3. The van der Waals surface area contributed by atoms with E-state index in [0.29, 0.717) is 29.2 Å². The molecule has 210 valence electrons. The van der Waals surface area contributed by atoms with Crippen LogP contribution in [-0.4, -0.2) is 60.1 Å². The molecule has 2 aromatic rings. The molecule has 3 amide bonds. The molecule has 0 spiro atoms. The number of carbonyl (C=O) groups excluding carboxylic acids is 3. The number of nitriles is 1. The molecule has 0 heterocycles. The van der Waals surface area contributed by atoms with Gasteiger partial charge >= 0.3 is 6.09 Å². The molecule has 10 heteroatoms. The number of anilines is 1. The molecule has 39 heavy (non-hydrogen) atoms. The van der Waals surface area contributed by atoms with Crippen molar-refractivity contribution in [2.75, 3.05) is 31.0 Å². The van der Waals surface area contributed by atoms with Crippen LogP contribution in [0, 0.1) is 25.2 Å². The molecule has 2 N–H and O–H groups in total. The molecule has 2 atom stereocenters. The van der Waals surface area contributed by atoms with Gasteiger partial charge in [-0.15, -0.1) is 0 Å². The first-order chi connectivity index (χ1) is 18.4. The highest BCUT2D eigenvalue weighted by Gasteiger charge is 2.37. The number of hydrogen-bond donors (Lipinski definition) is 2. The SMILES string of the molecule is COc1ccc(NC(=O)C(c2ccc(C)cc2C)N(CC#N)C(=O)C(CCSC)NC(=O)OC(C)(C)C)cc1. The second kappa shape index (κ2) is 14.4. The highest BCUT2D eigenvalue weighted by molar-refractivity contribution is 7.98. The standard InChI is InChI=1S/C29H38N4O5S/c1-19-8-13-23(20(2)18-19)25(26(34)31-21-9-11-22(37-6)12-10-21)33(16-15-30)27(35)24(14-17-39-7)32-28(36)38-29(3,4)5/h8-13,18,24-25H,14,16-17H2,1-7H3,(H,31,34)(H,32,36). The molecule has 0 bridgehead atoms. The first kappa shape index (κ1) is 31.5. The van der Waals surface area contributed by atoms with Crippen LogP contribution in [0.4, 0.5) is 10.5 Å². The van der Waals surface area contributed by atoms with Crippen LogP contribution >= 0.6 is 11.8 Å². The maximum Gasteiger partial charge on any atom is 0.408 e. The van der Waals surface area contributed by atoms with E-state index in [1.807, 2.05) is 38.3 Å². The lowest BCUT2D eigenvalue weighted by atomic mass is 9.96. The molecule has 0 aromatic heterocycles. The maximum atomic E-state index is 14.0. The lowest BCUT2D eigenvalue weighted by molar-refractivity contribution is -0.140. The summed E-state index contributed by atoms with van der Waals surface area (Å²) in [6.07, 6.45) is 1.44. The van der Waals surface area contributed by atoms with Crippen LogP contribution in [0.2, 0.25) is 0 Å². The summed E-state index contributed by atoms with van der Waals surface area (Å²) >= 11 is 1.52. The van der Waals surface area contributed by atoms with Crippen LogP contribution in [0.1, 0.15) is 49.9 Å². The second-order valence-electron chi connectivity index (χ2n) is 10.1. The van der Waals surface area contributed by atoms with Crippen molar-refractivity contribution in [2.24, 2.45) is 0 Å². The molecule has 0 aliphatic rings. The summed E-state index contributed by atoms with van der Waals surface area (Å²) in [5.41, 5.74) is 2.11. The number of rotatable bonds is 11. The number of benzene rings is 2. The van der Waals surface area contributed by atoms with Crippen LogP contribution in [-0.2, 0) is 14.3 Å². The number of carbonyl (C=O) groups is 3. The second-order valence-corrected chi connectivity index (χ2v) is 11.1. The van der Waals surface area contributed by atoms with Gasteiger partial charge in [-0.25, -0.2) is 4.79 Å². The molecule has 0 fully saturated rings. The molecule has 2 rings (SSSR count). The zero-order chi connectivity index (χ0) is 29.2. The number of alkyl carbamates (subject to hydrolysis) is 1. The summed E-state index contributed by atoms with van der Waals surface area (Å²) in [6, 6.07) is 12.3. The zero-order valence-corrected chi connectivity index (χ0v) is 24.5. The Labute approximate surface area is 235 Å². The van der Waals surface area contributed by atoms with Crippen molar-refractivity contribution in [3.05, 3.63) is 59.2 Å². The smallest absolute Gasteiger partial charge is 0.408 e. The Hall–Kier alpha value is -3.71. The molecule has 0 radical (unpaired) electrons. The Morgan fingerprint density at radius 2 is 1.77 bits per heavy atom. The lowest BCUT2D eigenvalue weighted by Crippen LogP contribution is -2.52. The first-order valence-corrected chi connectivity index (χ1v) is 14.0. The fraction of sp³-hybridized carbons (Fsp3) is 0.448. The largest absolute Gasteiger partial charge is 0.497 e. The fourth-order valence-corrected chi connectivity index (χ4v) is 4.46. The van der Waals surface area contributed by atoms with Crippen molar-refractivity contribution < 1.29 is 23.9 Å². The van der Waals surface area contributed by atoms with Gasteiger partial charge in [-0.1, -0.05) is 23.8 Å². The first-order valence-electron chi connectivity index (χ1n) is 12.6. The monoisotopic (exact) mass is 554 g/mol. The summed E-state index contributed by atoms with van der Waals surface area (Å²) < 4.78 is 10.6. The van der Waals surface area contributed by atoms with Gasteiger partial charge in [0.05, 0.1) is 13.2 Å². The Morgan fingerprint density at radius 1 is 1.10 bits per heavy atom. The van der Waals surface area contributed by atoms with E-state index in [-0.39, 0.29) is 6.54 Å². The third-order valence-corrected chi connectivity index (χ3v) is 6.41. The van der Waals surface area contributed by atoms with E-state index in [4.69, 9.17) is 9.47 Å². The molecule has 9 nitrogen and oxygen atoms in total. The Bertz CT molecular complexity index is 1190. The highest BCUT2D eigenvalue weighted by Crippen LogP contribution is 2.28. The summed E-state index contributed by atoms with van der Waals surface area (Å²) in [6.45, 7) is 8.62. The van der Waals surface area contributed by atoms with E-state index in [2.05, 4.69) is 10.6 Å². The van der Waals surface area contributed by atoms with E-state index in [1.165, 1.54) is 16.7 Å². The molecular formula is C29H38N4O5S. The van der Waals surface area contributed by atoms with Gasteiger partial charge in [0.15, 0.2) is 0 Å². The van der Waals surface area contributed by atoms with Crippen LogP contribution in [0.5, 0.6) is 5.75 Å². The van der Waals surface area contributed by atoms with Gasteiger partial charge in [0.25, 0.3) is 5.91 Å². The molecule has 2 unspecified atom stereocenters. The summed E-state index contributed by atoms with van der Waals surface area (Å²) in [7, 11) is 1.55. The molecule has 0 saturated carbocycles. The Balaban J connectivity index is 2.52. The van der Waals surface area contributed by atoms with Crippen molar-refractivity contribution in [3.63, 3.8) is 0 Å². The zero-order valence-electron chi connectivity index (χ0n) is 23.7. The fourth-order valence-electron chi connectivity index (χ4n) is 3.98. The van der Waals surface area contributed by atoms with Crippen LogP contribution in [0.15, 0.2) is 42.5 Å².